The lowest BCUT2D eigenvalue weighted by atomic mass is 9.58. The molecule has 1 aliphatic carbocycles. The summed E-state index contributed by atoms with van der Waals surface area (Å²) < 4.78 is 0. The van der Waals surface area contributed by atoms with Gasteiger partial charge in [0, 0.05) is 0 Å². The molecule has 1 fully saturated rings. The monoisotopic (exact) mass is 342 g/mol. The summed E-state index contributed by atoms with van der Waals surface area (Å²) in [6.45, 7) is 6.50. The third kappa shape index (κ3) is 3.63. The van der Waals surface area contributed by atoms with Gasteiger partial charge in [0.25, 0.3) is 0 Å². The van der Waals surface area contributed by atoms with Crippen molar-refractivity contribution in [2.24, 2.45) is 5.92 Å². The number of hydrogen-bond acceptors (Lipinski definition) is 1. The molecule has 2 rings (SSSR count). The average molecular weight is 343 g/mol. The van der Waals surface area contributed by atoms with Crippen molar-refractivity contribution in [2.75, 3.05) is 0 Å². The molecule has 1 N–H and O–H groups in total. The molecule has 0 saturated heterocycles. The molecule has 0 amide bonds. The average Bonchev–Trinajstić information content (AvgIpc) is 2.48. The van der Waals surface area contributed by atoms with Crippen molar-refractivity contribution in [1.82, 2.24) is 0 Å². The zero-order chi connectivity index (χ0) is 16.4. The smallest absolute Gasteiger partial charge is 0.0620 e. The van der Waals surface area contributed by atoms with Crippen molar-refractivity contribution >= 4 is 23.2 Å². The lowest BCUT2D eigenvalue weighted by Crippen LogP contribution is -2.44. The topological polar surface area (TPSA) is 20.2 Å². The molecular weight excluding hydrogens is 315 g/mol. The van der Waals surface area contributed by atoms with Gasteiger partial charge in [-0.25, -0.2) is 0 Å². The summed E-state index contributed by atoms with van der Waals surface area (Å²) in [7, 11) is 0. The fourth-order valence-electron chi connectivity index (χ4n) is 4.19. The maximum absolute atomic E-state index is 10.4. The summed E-state index contributed by atoms with van der Waals surface area (Å²) in [5.41, 5.74) is 0.906. The van der Waals surface area contributed by atoms with Gasteiger partial charge < -0.3 is 5.11 Å². The number of rotatable bonds is 5. The van der Waals surface area contributed by atoms with E-state index in [-0.39, 0.29) is 5.41 Å². The van der Waals surface area contributed by atoms with Crippen molar-refractivity contribution in [3.8, 4) is 0 Å². The van der Waals surface area contributed by atoms with Crippen LogP contribution in [0.15, 0.2) is 18.2 Å². The van der Waals surface area contributed by atoms with E-state index in [0.29, 0.717) is 16.0 Å². The minimum Gasteiger partial charge on any atom is -0.390 e. The van der Waals surface area contributed by atoms with Gasteiger partial charge in [0.15, 0.2) is 0 Å². The molecule has 3 heteroatoms. The second kappa shape index (κ2) is 7.11. The SMILES string of the molecule is CCC[C@H](CC)C1(c2ccc(Cl)c(Cl)c2)CCC(C)(O)CC1. The van der Waals surface area contributed by atoms with E-state index in [1.54, 1.807) is 0 Å². The minimum absolute atomic E-state index is 0.126. The number of benzene rings is 1. The predicted octanol–water partition coefficient (Wildman–Crippen LogP) is 6.38. The third-order valence-corrected chi connectivity index (χ3v) is 6.36. The molecule has 1 aromatic rings. The molecule has 1 nitrogen and oxygen atoms in total. The zero-order valence-electron chi connectivity index (χ0n) is 14.0. The Hall–Kier alpha value is -0.240. The third-order valence-electron chi connectivity index (χ3n) is 5.63. The quantitative estimate of drug-likeness (QED) is 0.657. The normalized spacial score (nSPS) is 30.3. The maximum Gasteiger partial charge on any atom is 0.0620 e. The van der Waals surface area contributed by atoms with E-state index >= 15 is 0 Å². The van der Waals surface area contributed by atoms with Gasteiger partial charge in [-0.15, -0.1) is 0 Å². The van der Waals surface area contributed by atoms with Crippen LogP contribution < -0.4 is 0 Å². The van der Waals surface area contributed by atoms with Crippen LogP contribution in [0.5, 0.6) is 0 Å². The van der Waals surface area contributed by atoms with Crippen LogP contribution in [-0.4, -0.2) is 10.7 Å². The molecule has 1 aromatic carbocycles. The molecule has 0 radical (unpaired) electrons. The maximum atomic E-state index is 10.4. The number of halogens is 2. The van der Waals surface area contributed by atoms with E-state index in [1.807, 2.05) is 13.0 Å². The molecule has 124 valence electrons. The Kier molecular flexibility index (Phi) is 5.85. The minimum atomic E-state index is -0.524. The van der Waals surface area contributed by atoms with Crippen molar-refractivity contribution < 1.29 is 5.11 Å². The van der Waals surface area contributed by atoms with Crippen LogP contribution in [-0.2, 0) is 5.41 Å². The molecule has 0 spiro atoms. The Bertz CT molecular complexity index is 500. The van der Waals surface area contributed by atoms with Crippen LogP contribution in [0.1, 0.15) is 71.3 Å². The second-order valence-electron chi connectivity index (χ2n) is 7.18. The Morgan fingerprint density at radius 3 is 2.23 bits per heavy atom. The van der Waals surface area contributed by atoms with Crippen LogP contribution in [0.4, 0.5) is 0 Å². The van der Waals surface area contributed by atoms with E-state index in [4.69, 9.17) is 23.2 Å². The van der Waals surface area contributed by atoms with Crippen LogP contribution >= 0.6 is 23.2 Å². The summed E-state index contributed by atoms with van der Waals surface area (Å²) in [6, 6.07) is 6.13. The van der Waals surface area contributed by atoms with Gasteiger partial charge in [-0.2, -0.15) is 0 Å². The van der Waals surface area contributed by atoms with Crippen molar-refractivity contribution in [3.05, 3.63) is 33.8 Å². The van der Waals surface area contributed by atoms with E-state index < -0.39 is 5.60 Å². The molecule has 0 bridgehead atoms. The van der Waals surface area contributed by atoms with Gasteiger partial charge in [0.2, 0.25) is 0 Å². The highest BCUT2D eigenvalue weighted by Crippen LogP contribution is 2.51. The highest BCUT2D eigenvalue weighted by atomic mass is 35.5. The van der Waals surface area contributed by atoms with Crippen molar-refractivity contribution in [1.29, 1.82) is 0 Å². The Morgan fingerprint density at radius 2 is 1.73 bits per heavy atom. The van der Waals surface area contributed by atoms with Crippen LogP contribution in [0, 0.1) is 5.92 Å². The largest absolute Gasteiger partial charge is 0.390 e. The molecule has 0 heterocycles. The van der Waals surface area contributed by atoms with Crippen molar-refractivity contribution in [2.45, 2.75) is 76.7 Å². The molecule has 0 aliphatic heterocycles. The molecule has 1 aliphatic rings. The van der Waals surface area contributed by atoms with Gasteiger partial charge in [0.1, 0.15) is 0 Å². The summed E-state index contributed by atoms with van der Waals surface area (Å²) in [6.07, 6.45) is 7.33. The summed E-state index contributed by atoms with van der Waals surface area (Å²) in [4.78, 5) is 0. The molecule has 22 heavy (non-hydrogen) atoms. The number of hydrogen-bond donors (Lipinski definition) is 1. The first-order valence-corrected chi connectivity index (χ1v) is 9.28. The summed E-state index contributed by atoms with van der Waals surface area (Å²) in [5, 5.41) is 11.6. The van der Waals surface area contributed by atoms with Gasteiger partial charge in [-0.3, -0.25) is 0 Å². The molecule has 1 saturated carbocycles. The molecule has 0 unspecified atom stereocenters. The lowest BCUT2D eigenvalue weighted by molar-refractivity contribution is -0.0139. The summed E-state index contributed by atoms with van der Waals surface area (Å²) >= 11 is 12.4. The molecular formula is C19H28Cl2O. The van der Waals surface area contributed by atoms with E-state index in [1.165, 1.54) is 18.4 Å². The molecule has 1 atom stereocenters. The fraction of sp³-hybridized carbons (Fsp3) is 0.684. The zero-order valence-corrected chi connectivity index (χ0v) is 15.5. The Morgan fingerprint density at radius 1 is 1.09 bits per heavy atom. The van der Waals surface area contributed by atoms with Crippen molar-refractivity contribution in [3.63, 3.8) is 0 Å². The van der Waals surface area contributed by atoms with E-state index in [9.17, 15) is 5.11 Å². The first kappa shape index (κ1) is 18.1. The first-order valence-electron chi connectivity index (χ1n) is 8.52. The number of aliphatic hydroxyl groups is 1. The van der Waals surface area contributed by atoms with Gasteiger partial charge in [0.05, 0.1) is 15.6 Å². The summed E-state index contributed by atoms with van der Waals surface area (Å²) in [5.74, 6) is 0.630. The highest BCUT2D eigenvalue weighted by Gasteiger charge is 2.44. The highest BCUT2D eigenvalue weighted by molar-refractivity contribution is 6.42. The predicted molar refractivity (Wildman–Crippen MR) is 95.9 cm³/mol. The van der Waals surface area contributed by atoms with E-state index in [0.717, 1.165) is 32.1 Å². The standard InChI is InChI=1S/C19H28Cl2O/c1-4-6-14(5-2)19(11-9-18(3,22)10-12-19)15-7-8-16(20)17(21)13-15/h7-8,13-14,22H,4-6,9-12H2,1-3H3/t14-,18?,19?/m0/s1. The van der Waals surface area contributed by atoms with Crippen LogP contribution in [0.3, 0.4) is 0 Å². The van der Waals surface area contributed by atoms with Gasteiger partial charge in [-0.1, -0.05) is 56.0 Å². The second-order valence-corrected chi connectivity index (χ2v) is 7.99. The van der Waals surface area contributed by atoms with Gasteiger partial charge >= 0.3 is 0 Å². The van der Waals surface area contributed by atoms with Crippen LogP contribution in [0.25, 0.3) is 0 Å². The molecule has 0 aromatic heterocycles. The fourth-order valence-corrected chi connectivity index (χ4v) is 4.49. The first-order chi connectivity index (χ1) is 10.3. The van der Waals surface area contributed by atoms with Gasteiger partial charge in [-0.05, 0) is 68.1 Å². The Labute approximate surface area is 145 Å². The Balaban J connectivity index is 2.43. The van der Waals surface area contributed by atoms with E-state index in [2.05, 4.69) is 26.0 Å². The van der Waals surface area contributed by atoms with Crippen LogP contribution in [0.2, 0.25) is 10.0 Å². The lowest BCUT2D eigenvalue weighted by Gasteiger charge is -2.48.